The third-order valence-corrected chi connectivity index (χ3v) is 3.39. The van der Waals surface area contributed by atoms with Gasteiger partial charge < -0.3 is 0 Å². The van der Waals surface area contributed by atoms with Crippen molar-refractivity contribution >= 4 is 21.7 Å². The van der Waals surface area contributed by atoms with Gasteiger partial charge in [-0.05, 0) is 23.6 Å². The number of Topliss-reactive ketones (excluding diaryl/α,β-unsaturated/α-hetero) is 1. The van der Waals surface area contributed by atoms with Gasteiger partial charge in [0.05, 0.1) is 0 Å². The number of rotatable bonds is 0. The second-order valence-corrected chi connectivity index (χ2v) is 4.35. The van der Waals surface area contributed by atoms with Gasteiger partial charge in [-0.15, -0.1) is 0 Å². The Balaban J connectivity index is 2.57. The van der Waals surface area contributed by atoms with Gasteiger partial charge in [0.25, 0.3) is 0 Å². The first kappa shape index (κ1) is 8.95. The summed E-state index contributed by atoms with van der Waals surface area (Å²) in [5, 5.41) is 0. The fraction of sp³-hybridized carbons (Fsp3) is 0.364. The molecule has 0 spiro atoms. The maximum atomic E-state index is 11.5. The lowest BCUT2D eigenvalue weighted by molar-refractivity contribution is -0.120. The normalized spacial score (nSPS) is 21.4. The Bertz CT molecular complexity index is 357. The highest BCUT2D eigenvalue weighted by Crippen LogP contribution is 2.34. The Morgan fingerprint density at radius 1 is 1.38 bits per heavy atom. The molecule has 13 heavy (non-hydrogen) atoms. The van der Waals surface area contributed by atoms with Crippen molar-refractivity contribution < 1.29 is 4.79 Å². The van der Waals surface area contributed by atoms with E-state index in [0.717, 1.165) is 10.9 Å². The van der Waals surface area contributed by atoms with E-state index < -0.39 is 0 Å². The van der Waals surface area contributed by atoms with Crippen LogP contribution in [0.25, 0.3) is 0 Å². The average molecular weight is 239 g/mol. The van der Waals surface area contributed by atoms with Crippen molar-refractivity contribution in [1.82, 2.24) is 0 Å². The highest BCUT2D eigenvalue weighted by atomic mass is 79.9. The summed E-state index contributed by atoms with van der Waals surface area (Å²) in [6.07, 6.45) is 1.60. The van der Waals surface area contributed by atoms with Crippen molar-refractivity contribution in [3.63, 3.8) is 0 Å². The van der Waals surface area contributed by atoms with Gasteiger partial charge >= 0.3 is 0 Å². The number of halogens is 1. The van der Waals surface area contributed by atoms with Gasteiger partial charge in [0.2, 0.25) is 0 Å². The van der Waals surface area contributed by atoms with Gasteiger partial charge in [-0.3, -0.25) is 4.79 Å². The zero-order valence-electron chi connectivity index (χ0n) is 7.51. The molecule has 0 saturated carbocycles. The highest BCUT2D eigenvalue weighted by molar-refractivity contribution is 9.10. The van der Waals surface area contributed by atoms with E-state index in [9.17, 15) is 4.79 Å². The largest absolute Gasteiger partial charge is 0.299 e. The van der Waals surface area contributed by atoms with Gasteiger partial charge in [0.1, 0.15) is 5.78 Å². The van der Waals surface area contributed by atoms with E-state index in [1.54, 1.807) is 0 Å². The molecule has 0 aromatic heterocycles. The van der Waals surface area contributed by atoms with E-state index in [2.05, 4.69) is 22.0 Å². The zero-order valence-corrected chi connectivity index (χ0v) is 9.10. The van der Waals surface area contributed by atoms with Crippen LogP contribution in [0.4, 0.5) is 0 Å². The van der Waals surface area contributed by atoms with Crippen LogP contribution in [-0.4, -0.2) is 5.78 Å². The molecule has 0 N–H and O–H groups in total. The molecular weight excluding hydrogens is 228 g/mol. The Morgan fingerprint density at radius 2 is 2.15 bits per heavy atom. The molecule has 1 atom stereocenters. The molecule has 1 aliphatic carbocycles. The highest BCUT2D eigenvalue weighted by Gasteiger charge is 2.24. The lowest BCUT2D eigenvalue weighted by atomic mass is 9.83. The number of carbonyl (C=O) groups is 1. The maximum Gasteiger partial charge on any atom is 0.140 e. The molecule has 2 rings (SSSR count). The van der Waals surface area contributed by atoms with E-state index >= 15 is 0 Å². The Morgan fingerprint density at radius 3 is 2.92 bits per heavy atom. The molecule has 0 radical (unpaired) electrons. The fourth-order valence-electron chi connectivity index (χ4n) is 1.92. The first-order chi connectivity index (χ1) is 6.20. The summed E-state index contributed by atoms with van der Waals surface area (Å²) in [5.74, 6) is 0.429. The number of carbonyl (C=O) groups excluding carboxylic acids is 1. The third kappa shape index (κ3) is 1.44. The molecule has 0 aliphatic heterocycles. The minimum absolute atomic E-state index is 0.0688. The lowest BCUT2D eigenvalue weighted by Gasteiger charge is -2.22. The summed E-state index contributed by atoms with van der Waals surface area (Å²) in [5.41, 5.74) is 2.51. The van der Waals surface area contributed by atoms with Crippen molar-refractivity contribution in [1.29, 1.82) is 0 Å². The van der Waals surface area contributed by atoms with Crippen LogP contribution in [0.5, 0.6) is 0 Å². The summed E-state index contributed by atoms with van der Waals surface area (Å²) in [4.78, 5) is 11.5. The fourth-order valence-corrected chi connectivity index (χ4v) is 2.67. The molecule has 1 nitrogen and oxygen atoms in total. The number of ketones is 1. The molecular formula is C11H11BrO. The summed E-state index contributed by atoms with van der Waals surface area (Å²) < 4.78 is 1.07. The first-order valence-electron chi connectivity index (χ1n) is 4.50. The molecule has 1 aromatic rings. The van der Waals surface area contributed by atoms with Crippen molar-refractivity contribution in [2.75, 3.05) is 0 Å². The molecule has 0 amide bonds. The Labute approximate surface area is 86.3 Å². The monoisotopic (exact) mass is 238 g/mol. The zero-order chi connectivity index (χ0) is 9.42. The summed E-state index contributed by atoms with van der Waals surface area (Å²) in [7, 11) is 0. The van der Waals surface area contributed by atoms with Crippen LogP contribution in [-0.2, 0) is 11.2 Å². The average Bonchev–Trinajstić information content (AvgIpc) is 2.12. The Kier molecular flexibility index (Phi) is 2.24. The first-order valence-corrected chi connectivity index (χ1v) is 5.29. The summed E-state index contributed by atoms with van der Waals surface area (Å²) in [6, 6.07) is 6.16. The van der Waals surface area contributed by atoms with E-state index in [1.165, 1.54) is 11.1 Å². The summed E-state index contributed by atoms with van der Waals surface area (Å²) >= 11 is 3.50. The van der Waals surface area contributed by atoms with Gasteiger partial charge in [-0.1, -0.05) is 35.0 Å². The van der Waals surface area contributed by atoms with Crippen molar-refractivity contribution in [2.45, 2.75) is 25.7 Å². The Hall–Kier alpha value is -0.630. The van der Waals surface area contributed by atoms with Gasteiger partial charge in [-0.2, -0.15) is 0 Å². The number of fused-ring (bicyclic) bond motifs is 1. The summed E-state index contributed by atoms with van der Waals surface area (Å²) in [6.45, 7) is 1.99. The molecule has 2 heteroatoms. The van der Waals surface area contributed by atoms with Crippen LogP contribution in [0.15, 0.2) is 22.7 Å². The second kappa shape index (κ2) is 3.26. The minimum Gasteiger partial charge on any atom is -0.299 e. The van der Waals surface area contributed by atoms with Crippen molar-refractivity contribution in [3.8, 4) is 0 Å². The molecule has 0 saturated heterocycles. The molecule has 68 valence electrons. The van der Waals surface area contributed by atoms with Crippen LogP contribution in [0, 0.1) is 0 Å². The van der Waals surface area contributed by atoms with E-state index in [0.29, 0.717) is 12.2 Å². The third-order valence-electron chi connectivity index (χ3n) is 2.70. The predicted octanol–water partition coefficient (Wildman–Crippen LogP) is 3.07. The molecule has 1 aliphatic rings. The van der Waals surface area contributed by atoms with Crippen molar-refractivity contribution in [2.24, 2.45) is 0 Å². The van der Waals surface area contributed by atoms with Crippen LogP contribution < -0.4 is 0 Å². The molecule has 0 fully saturated rings. The van der Waals surface area contributed by atoms with Crippen LogP contribution in [0.2, 0.25) is 0 Å². The molecule has 0 bridgehead atoms. The quantitative estimate of drug-likeness (QED) is 0.679. The van der Waals surface area contributed by atoms with E-state index in [1.807, 2.05) is 19.1 Å². The van der Waals surface area contributed by atoms with Gasteiger partial charge in [-0.25, -0.2) is 0 Å². The number of benzene rings is 1. The van der Waals surface area contributed by atoms with Crippen molar-refractivity contribution in [3.05, 3.63) is 33.8 Å². The number of hydrogen-bond donors (Lipinski definition) is 0. The van der Waals surface area contributed by atoms with Gasteiger partial charge in [0, 0.05) is 16.8 Å². The maximum absolute atomic E-state index is 11.5. The van der Waals surface area contributed by atoms with Crippen LogP contribution in [0.3, 0.4) is 0 Å². The standard InChI is InChI=1S/C11H11BrO/c1-7-10(13)6-5-8-3-2-4-9(12)11(7)8/h2-4,7H,5-6H2,1H3. The lowest BCUT2D eigenvalue weighted by Crippen LogP contribution is -2.18. The van der Waals surface area contributed by atoms with Crippen LogP contribution >= 0.6 is 15.9 Å². The van der Waals surface area contributed by atoms with E-state index in [-0.39, 0.29) is 5.92 Å². The predicted molar refractivity (Wildman–Crippen MR) is 55.9 cm³/mol. The smallest absolute Gasteiger partial charge is 0.140 e. The SMILES string of the molecule is CC1C(=O)CCc2cccc(Br)c21. The van der Waals surface area contributed by atoms with E-state index in [4.69, 9.17) is 0 Å². The number of hydrogen-bond acceptors (Lipinski definition) is 1. The van der Waals surface area contributed by atoms with Crippen LogP contribution in [0.1, 0.15) is 30.4 Å². The minimum atomic E-state index is 0.0688. The topological polar surface area (TPSA) is 17.1 Å². The molecule has 1 unspecified atom stereocenters. The molecule has 0 heterocycles. The van der Waals surface area contributed by atoms with Gasteiger partial charge in [0.15, 0.2) is 0 Å². The molecule has 1 aromatic carbocycles. The number of aryl methyl sites for hydroxylation is 1. The second-order valence-electron chi connectivity index (χ2n) is 3.50.